The number of rotatable bonds is 10. The van der Waals surface area contributed by atoms with Gasteiger partial charge in [0.2, 0.25) is 0 Å². The van der Waals surface area contributed by atoms with E-state index in [1.165, 1.54) is 71.3 Å². The molecule has 0 fully saturated rings. The first-order valence-corrected chi connectivity index (χ1v) is 37.9. The van der Waals surface area contributed by atoms with Gasteiger partial charge in [-0.15, -0.1) is 0 Å². The molecule has 1 atom stereocenters. The Bertz CT molecular complexity index is 7480. The summed E-state index contributed by atoms with van der Waals surface area (Å²) < 4.78 is 17.5. The summed E-state index contributed by atoms with van der Waals surface area (Å²) in [5.41, 5.74) is 26.5. The first kappa shape index (κ1) is 62.7. The molecule has 0 bridgehead atoms. The molecule has 20 aromatic rings. The number of allylic oxidation sites excluding steroid dienone is 4. The number of hydrogen-bond donors (Lipinski definition) is 0. The molecule has 8 heteroatoms. The minimum absolute atomic E-state index is 0.146. The zero-order chi connectivity index (χ0) is 73.2. The van der Waals surface area contributed by atoms with Gasteiger partial charge in [0.05, 0.1) is 11.7 Å². The van der Waals surface area contributed by atoms with E-state index < -0.39 is 0 Å². The average Bonchev–Trinajstić information content (AvgIpc) is 1.55. The van der Waals surface area contributed by atoms with Gasteiger partial charge in [-0.25, -0.2) is 14.5 Å². The first-order chi connectivity index (χ1) is 54.7. The Hall–Kier alpha value is -14.5. The molecule has 0 amide bonds. The Morgan fingerprint density at radius 2 is 1.07 bits per heavy atom. The third-order valence-corrected chi connectivity index (χ3v) is 23.7. The van der Waals surface area contributed by atoms with Gasteiger partial charge < -0.3 is 13.7 Å². The molecule has 3 aliphatic rings. The second kappa shape index (κ2) is 24.3. The predicted molar refractivity (Wildman–Crippen MR) is 455 cm³/mol. The van der Waals surface area contributed by atoms with E-state index in [0.29, 0.717) is 5.82 Å². The summed E-state index contributed by atoms with van der Waals surface area (Å²) in [5.74, 6) is 0.683. The lowest BCUT2D eigenvalue weighted by atomic mass is 9.80. The first-order valence-electron chi connectivity index (χ1n) is 37.9. The van der Waals surface area contributed by atoms with Gasteiger partial charge in [-0.2, -0.15) is 0 Å². The molecule has 15 aromatic carbocycles. The van der Waals surface area contributed by atoms with Crippen molar-refractivity contribution in [1.29, 1.82) is 0 Å². The van der Waals surface area contributed by atoms with Crippen molar-refractivity contribution in [2.45, 2.75) is 25.3 Å². The van der Waals surface area contributed by atoms with Crippen molar-refractivity contribution in [3.8, 4) is 95.1 Å². The predicted octanol–water partition coefficient (Wildman–Crippen LogP) is 25.8. The van der Waals surface area contributed by atoms with E-state index in [1.54, 1.807) is 0 Å². The van der Waals surface area contributed by atoms with Gasteiger partial charge in [-0.1, -0.05) is 232 Å². The van der Waals surface area contributed by atoms with Crippen LogP contribution >= 0.6 is 0 Å². The normalized spacial score (nSPS) is 14.4. The number of hydrogen-bond acceptors (Lipinski definition) is 7. The SMILES string of the molecule is CC1(C)c2ccccc2-c2cccc(-c3ncc(-c4cc5oc6cc(-[n+]7ccc(-c8ccncc8-c8ccccc8)nc7)cc7c8ccc(-c9cccc(-c%10cccc(-c%11cccc%12ccccc%11%12)c%10)c9)c9oc%10c(N%11C=CC=C%12C=C(c%13ccc%14cc%15ccccc%15cc%14c%13)C=CC%12%11)ccc(c(c4)c5c67)c%10c98)cn3)c21. The standard InChI is InChI=1S/C103H65N6O2/c1-103(2)89-33-11-10-29-80(89)84-31-15-32-85(99(84)103)102-105-57-75(58-106-102)74-53-86-83-39-41-92(109-45-16-27-72-50-68(36-40-91(72)109)67-34-35-69-47-63-20-6-7-21-64(63)51-73(69)52-67)101-98(83)97-82(38-37-79(100(97)111-101)71-26-13-24-66(49-71)65-23-12-25-70(48-65)78-30-14-22-61-19-8-9-28-77(61)78)87-55-76(56-94-96(87)95(86)93(54-74)110-94)108-46-43-90(107-60-108)81-42-44-104-59-88(81)62-17-4-3-5-18-62/h3-60,91H,1-2H3/q+1. The number of nitrogens with zero attached hydrogens (tertiary/aromatic N) is 6. The summed E-state index contributed by atoms with van der Waals surface area (Å²) in [6.07, 6.45) is 25.4. The maximum atomic E-state index is 7.96. The van der Waals surface area contributed by atoms with Gasteiger partial charge >= 0.3 is 0 Å². The molecule has 8 nitrogen and oxygen atoms in total. The zero-order valence-electron chi connectivity index (χ0n) is 60.6. The van der Waals surface area contributed by atoms with Crippen LogP contribution in [-0.4, -0.2) is 26.0 Å². The molecule has 1 unspecified atom stereocenters. The highest BCUT2D eigenvalue weighted by Gasteiger charge is 2.38. The molecule has 0 saturated carbocycles. The van der Waals surface area contributed by atoms with Gasteiger partial charge in [0.1, 0.15) is 28.6 Å². The van der Waals surface area contributed by atoms with E-state index in [2.05, 4.69) is 338 Å². The maximum absolute atomic E-state index is 7.96. The second-order valence-electron chi connectivity index (χ2n) is 30.3. The minimum Gasteiger partial charge on any atom is -0.456 e. The number of benzene rings is 14. The van der Waals surface area contributed by atoms with Crippen molar-refractivity contribution in [2.24, 2.45) is 0 Å². The van der Waals surface area contributed by atoms with Gasteiger partial charge in [-0.05, 0) is 216 Å². The smallest absolute Gasteiger partial charge is 0.291 e. The molecular weight excluding hydrogens is 1350 g/mol. The van der Waals surface area contributed by atoms with Gasteiger partial charge in [0, 0.05) is 97.9 Å². The third kappa shape index (κ3) is 9.83. The Labute approximate surface area is 638 Å². The molecule has 111 heavy (non-hydrogen) atoms. The highest BCUT2D eigenvalue weighted by molar-refractivity contribution is 6.38. The lowest BCUT2D eigenvalue weighted by Crippen LogP contribution is -2.33. The Morgan fingerprint density at radius 3 is 1.90 bits per heavy atom. The van der Waals surface area contributed by atoms with Crippen molar-refractivity contribution in [3.63, 3.8) is 0 Å². The molecule has 6 heterocycles. The van der Waals surface area contributed by atoms with Crippen LogP contribution in [0.1, 0.15) is 30.5 Å². The van der Waals surface area contributed by atoms with Gasteiger partial charge in [0.15, 0.2) is 17.1 Å². The van der Waals surface area contributed by atoms with Crippen LogP contribution in [0.15, 0.2) is 367 Å². The minimum atomic E-state index is -0.249. The molecule has 5 aromatic heterocycles. The van der Waals surface area contributed by atoms with Crippen LogP contribution in [0, 0.1) is 0 Å². The van der Waals surface area contributed by atoms with E-state index in [1.807, 2.05) is 43.2 Å². The summed E-state index contributed by atoms with van der Waals surface area (Å²) in [7, 11) is 0. The van der Waals surface area contributed by atoms with Crippen LogP contribution < -0.4 is 9.47 Å². The van der Waals surface area contributed by atoms with Crippen molar-refractivity contribution < 1.29 is 13.4 Å². The van der Waals surface area contributed by atoms with E-state index in [0.717, 1.165) is 149 Å². The summed E-state index contributed by atoms with van der Waals surface area (Å²) >= 11 is 0. The van der Waals surface area contributed by atoms with E-state index in [-0.39, 0.29) is 11.5 Å². The number of pyridine rings is 1. The number of anilines is 1. The monoisotopic (exact) mass is 1420 g/mol. The average molecular weight is 1420 g/mol. The van der Waals surface area contributed by atoms with Gasteiger partial charge in [0.25, 0.3) is 6.33 Å². The molecule has 2 aliphatic carbocycles. The highest BCUT2D eigenvalue weighted by Crippen LogP contribution is 2.54. The van der Waals surface area contributed by atoms with Crippen molar-refractivity contribution >= 4 is 109 Å². The van der Waals surface area contributed by atoms with Crippen LogP contribution in [0.2, 0.25) is 0 Å². The Kier molecular flexibility index (Phi) is 13.7. The quantitative estimate of drug-likeness (QED) is 0.0996. The summed E-state index contributed by atoms with van der Waals surface area (Å²) in [5, 5.41) is 15.4. The number of fused-ring (bicyclic) bond motifs is 9. The third-order valence-electron chi connectivity index (χ3n) is 23.7. The molecule has 0 N–H and O–H groups in total. The Morgan fingerprint density at radius 1 is 0.405 bits per heavy atom. The Balaban J connectivity index is 0.741. The fourth-order valence-electron chi connectivity index (χ4n) is 18.5. The molecular formula is C103H65N6O2+. The van der Waals surface area contributed by atoms with Crippen LogP contribution in [0.25, 0.3) is 198 Å². The molecule has 518 valence electrons. The molecule has 0 saturated heterocycles. The fourth-order valence-corrected chi connectivity index (χ4v) is 18.5. The highest BCUT2D eigenvalue weighted by atomic mass is 16.3. The molecule has 23 rings (SSSR count). The van der Waals surface area contributed by atoms with Crippen molar-refractivity contribution in [2.75, 3.05) is 4.90 Å². The second-order valence-corrected chi connectivity index (χ2v) is 30.3. The number of furan rings is 2. The van der Waals surface area contributed by atoms with E-state index >= 15 is 0 Å². The van der Waals surface area contributed by atoms with Crippen LogP contribution in [0.4, 0.5) is 5.69 Å². The summed E-state index contributed by atoms with van der Waals surface area (Å²) in [6, 6.07) is 101. The van der Waals surface area contributed by atoms with Gasteiger partial charge in [-0.3, -0.25) is 4.98 Å². The molecule has 0 radical (unpaired) electrons. The maximum Gasteiger partial charge on any atom is 0.291 e. The van der Waals surface area contributed by atoms with Crippen LogP contribution in [0.3, 0.4) is 0 Å². The van der Waals surface area contributed by atoms with E-state index in [9.17, 15) is 0 Å². The fraction of sp³-hybridized carbons (Fsp3) is 0.0388. The topological polar surface area (TPSA) is 85.0 Å². The lowest BCUT2D eigenvalue weighted by molar-refractivity contribution is -0.598. The summed E-state index contributed by atoms with van der Waals surface area (Å²) in [4.78, 5) is 22.7. The van der Waals surface area contributed by atoms with E-state index in [4.69, 9.17) is 23.8 Å². The van der Waals surface area contributed by atoms with Crippen LogP contribution in [0.5, 0.6) is 0 Å². The lowest BCUT2D eigenvalue weighted by Gasteiger charge is -2.34. The van der Waals surface area contributed by atoms with Crippen molar-refractivity contribution in [3.05, 3.63) is 375 Å². The van der Waals surface area contributed by atoms with Crippen molar-refractivity contribution in [1.82, 2.24) is 19.9 Å². The largest absolute Gasteiger partial charge is 0.456 e. The molecule has 0 spiro atoms. The summed E-state index contributed by atoms with van der Waals surface area (Å²) in [6.45, 7) is 4.63. The number of aromatic nitrogens is 5. The zero-order valence-corrected chi connectivity index (χ0v) is 60.6. The molecule has 1 aliphatic heterocycles. The van der Waals surface area contributed by atoms with Crippen LogP contribution in [-0.2, 0) is 5.41 Å².